The van der Waals surface area contributed by atoms with Crippen LogP contribution in [0.25, 0.3) is 11.1 Å². The molecule has 54 heavy (non-hydrogen) atoms. The van der Waals surface area contributed by atoms with Crippen molar-refractivity contribution in [2.45, 2.75) is 129 Å². The molecule has 11 heteroatoms. The van der Waals surface area contributed by atoms with Crippen LogP contribution in [0.15, 0.2) is 60.8 Å². The van der Waals surface area contributed by atoms with Gasteiger partial charge >= 0.3 is 12.1 Å². The molecule has 1 aliphatic carbocycles. The Morgan fingerprint density at radius 2 is 1.56 bits per heavy atom. The van der Waals surface area contributed by atoms with Crippen molar-refractivity contribution in [3.63, 3.8) is 0 Å². The number of ether oxygens (including phenoxy) is 3. The van der Waals surface area contributed by atoms with Gasteiger partial charge in [0.15, 0.2) is 8.32 Å². The van der Waals surface area contributed by atoms with E-state index in [1.807, 2.05) is 39.0 Å². The Hall–Kier alpha value is -4.22. The number of amides is 2. The zero-order chi connectivity index (χ0) is 39.7. The van der Waals surface area contributed by atoms with E-state index in [1.165, 1.54) is 26.9 Å². The lowest BCUT2D eigenvalue weighted by Gasteiger charge is -2.40. The van der Waals surface area contributed by atoms with E-state index in [1.54, 1.807) is 23.2 Å². The maximum absolute atomic E-state index is 13.8. The number of pyridine rings is 1. The van der Waals surface area contributed by atoms with Crippen molar-refractivity contribution in [3.8, 4) is 16.9 Å². The summed E-state index contributed by atoms with van der Waals surface area (Å²) in [6, 6.07) is 17.5. The second kappa shape index (κ2) is 18.4. The Labute approximate surface area is 323 Å². The van der Waals surface area contributed by atoms with Crippen LogP contribution in [0, 0.1) is 0 Å². The Balaban J connectivity index is 1.57. The summed E-state index contributed by atoms with van der Waals surface area (Å²) in [6.45, 7) is 18.6. The zero-order valence-corrected chi connectivity index (χ0v) is 35.0. The molecule has 1 heterocycles. The van der Waals surface area contributed by atoms with Crippen LogP contribution in [0.2, 0.25) is 18.1 Å². The molecule has 3 aromatic rings. The third kappa shape index (κ3) is 12.4. The summed E-state index contributed by atoms with van der Waals surface area (Å²) in [6.07, 6.45) is 8.11. The van der Waals surface area contributed by atoms with Crippen molar-refractivity contribution in [1.29, 1.82) is 0 Å². The fraction of sp³-hybridized carbons (Fsp3) is 0.535. The third-order valence-corrected chi connectivity index (χ3v) is 14.7. The molecule has 1 N–H and O–H groups in total. The van der Waals surface area contributed by atoms with E-state index in [0.29, 0.717) is 30.1 Å². The van der Waals surface area contributed by atoms with Crippen molar-refractivity contribution >= 4 is 32.1 Å². The number of aromatic nitrogens is 1. The first-order chi connectivity index (χ1) is 25.3. The molecule has 1 aliphatic rings. The molecule has 2 amide bonds. The summed E-state index contributed by atoms with van der Waals surface area (Å²) in [5.74, 6) is 0.393. The summed E-state index contributed by atoms with van der Waals surface area (Å²) in [5, 5.41) is 2.65. The van der Waals surface area contributed by atoms with E-state index in [9.17, 15) is 14.4 Å². The Morgan fingerprint density at radius 3 is 2.11 bits per heavy atom. The topological polar surface area (TPSA) is 116 Å². The number of rotatable bonds is 13. The van der Waals surface area contributed by atoms with Gasteiger partial charge in [-0.1, -0.05) is 70.0 Å². The highest BCUT2D eigenvalue weighted by atomic mass is 28.4. The molecular weight excluding hydrogens is 699 g/mol. The molecule has 0 aliphatic heterocycles. The molecule has 4 rings (SSSR count). The third-order valence-electron chi connectivity index (χ3n) is 10.2. The van der Waals surface area contributed by atoms with Crippen LogP contribution in [0.5, 0.6) is 5.75 Å². The number of hydrogen-bond donors (Lipinski definition) is 1. The van der Waals surface area contributed by atoms with Gasteiger partial charge in [-0.15, -0.1) is 0 Å². The second-order valence-electron chi connectivity index (χ2n) is 16.8. The second-order valence-corrected chi connectivity index (χ2v) is 21.6. The van der Waals surface area contributed by atoms with Gasteiger partial charge in [-0.2, -0.15) is 0 Å². The molecule has 0 saturated heterocycles. The van der Waals surface area contributed by atoms with Crippen LogP contribution in [0.4, 0.5) is 10.6 Å². The quantitative estimate of drug-likeness (QED) is 0.104. The molecule has 0 bridgehead atoms. The van der Waals surface area contributed by atoms with Crippen molar-refractivity contribution in [2.75, 3.05) is 25.5 Å². The van der Waals surface area contributed by atoms with Gasteiger partial charge in [0, 0.05) is 19.7 Å². The summed E-state index contributed by atoms with van der Waals surface area (Å²) >= 11 is 0. The van der Waals surface area contributed by atoms with Gasteiger partial charge in [0.2, 0.25) is 5.91 Å². The van der Waals surface area contributed by atoms with Crippen LogP contribution >= 0.6 is 0 Å². The molecule has 1 atom stereocenters. The first-order valence-corrected chi connectivity index (χ1v) is 22.1. The van der Waals surface area contributed by atoms with Crippen LogP contribution in [0.3, 0.4) is 0 Å². The number of anilines is 1. The molecule has 1 aromatic heterocycles. The van der Waals surface area contributed by atoms with Gasteiger partial charge in [-0.05, 0) is 111 Å². The largest absolute Gasteiger partial charge is 0.490 e. The summed E-state index contributed by atoms with van der Waals surface area (Å²) < 4.78 is 24.4. The molecule has 0 radical (unpaired) electrons. The molecule has 1 fully saturated rings. The monoisotopic (exact) mass is 759 g/mol. The number of carbonyl (C=O) groups excluding carboxylic acids is 3. The predicted octanol–water partition coefficient (Wildman–Crippen LogP) is 10.1. The van der Waals surface area contributed by atoms with E-state index in [0.717, 1.165) is 47.9 Å². The van der Waals surface area contributed by atoms with E-state index in [-0.39, 0.29) is 23.6 Å². The number of carbonyl (C=O) groups is 3. The minimum absolute atomic E-state index is 0.0743. The van der Waals surface area contributed by atoms with Crippen LogP contribution in [-0.4, -0.2) is 68.1 Å². The van der Waals surface area contributed by atoms with Gasteiger partial charge in [0.25, 0.3) is 0 Å². The molecule has 0 unspecified atom stereocenters. The predicted molar refractivity (Wildman–Crippen MR) is 216 cm³/mol. The van der Waals surface area contributed by atoms with Gasteiger partial charge in [0.1, 0.15) is 22.7 Å². The van der Waals surface area contributed by atoms with Gasteiger partial charge in [-0.3, -0.25) is 4.79 Å². The lowest BCUT2D eigenvalue weighted by molar-refractivity contribution is -0.114. The molecule has 0 spiro atoms. The van der Waals surface area contributed by atoms with Crippen LogP contribution < -0.4 is 10.1 Å². The van der Waals surface area contributed by atoms with Crippen molar-refractivity contribution in [1.82, 2.24) is 9.88 Å². The molecular formula is C43H61N3O7Si. The number of benzene rings is 2. The van der Waals surface area contributed by atoms with Crippen molar-refractivity contribution in [3.05, 3.63) is 77.5 Å². The SMILES string of the molecule is COC(=O)c1ccc(-c2ccc(CCN(C[C@@H](O[Si](C)(C)C(C)(C)C)c3ccc(NC(C)=O)nc3)C(=O)OC(C)(C)C)cc2)cc1OC1CCCCCC1. The van der Waals surface area contributed by atoms with Crippen LogP contribution in [0.1, 0.15) is 115 Å². The lowest BCUT2D eigenvalue weighted by Crippen LogP contribution is -2.46. The number of methoxy groups -OCH3 is 1. The smallest absolute Gasteiger partial charge is 0.410 e. The number of nitrogens with one attached hydrogen (secondary N) is 1. The summed E-state index contributed by atoms with van der Waals surface area (Å²) in [4.78, 5) is 44.2. The average molecular weight is 760 g/mol. The summed E-state index contributed by atoms with van der Waals surface area (Å²) in [7, 11) is -0.918. The number of nitrogens with zero attached hydrogens (tertiary/aromatic N) is 2. The first-order valence-electron chi connectivity index (χ1n) is 19.2. The normalized spacial score (nSPS) is 14.8. The maximum atomic E-state index is 13.8. The van der Waals surface area contributed by atoms with Crippen molar-refractivity contribution < 1.29 is 33.0 Å². The highest BCUT2D eigenvalue weighted by Gasteiger charge is 2.40. The standard InChI is InChI=1S/C43H61N3O7Si/c1-30(47)45-39-24-22-34(28-44-39)38(53-54(9,10)43(5,6)7)29-46(41(49)52-42(2,3)4)26-25-31-17-19-32(20-18-31)33-21-23-36(40(48)50-8)37(27-33)51-35-15-13-11-12-14-16-35/h17-24,27-28,35,38H,11-16,25-26,29H2,1-10H3,(H,44,45,47)/t38-/m1/s1. The van der Waals surface area contributed by atoms with Crippen molar-refractivity contribution in [2.24, 2.45) is 0 Å². The lowest BCUT2D eigenvalue weighted by atomic mass is 10.0. The Kier molecular flexibility index (Phi) is 14.5. The molecule has 1 saturated carbocycles. The Morgan fingerprint density at radius 1 is 0.907 bits per heavy atom. The maximum Gasteiger partial charge on any atom is 0.410 e. The first kappa shape index (κ1) is 42.5. The van der Waals surface area contributed by atoms with E-state index < -0.39 is 32.1 Å². The highest BCUT2D eigenvalue weighted by Crippen LogP contribution is 2.40. The van der Waals surface area contributed by atoms with E-state index in [2.05, 4.69) is 68.4 Å². The fourth-order valence-corrected chi connectivity index (χ4v) is 7.40. The van der Waals surface area contributed by atoms with E-state index >= 15 is 0 Å². The fourth-order valence-electron chi connectivity index (χ4n) is 6.12. The van der Waals surface area contributed by atoms with E-state index in [4.69, 9.17) is 18.6 Å². The highest BCUT2D eigenvalue weighted by molar-refractivity contribution is 6.74. The zero-order valence-electron chi connectivity index (χ0n) is 34.0. The van der Waals surface area contributed by atoms with Gasteiger partial charge in [0.05, 0.1) is 25.9 Å². The minimum Gasteiger partial charge on any atom is -0.490 e. The van der Waals surface area contributed by atoms with Crippen LogP contribution in [-0.2, 0) is 25.1 Å². The Bertz CT molecular complexity index is 1700. The average Bonchev–Trinajstić information content (AvgIpc) is 3.37. The van der Waals surface area contributed by atoms with Gasteiger partial charge in [-0.25, -0.2) is 14.6 Å². The molecule has 2 aromatic carbocycles. The summed E-state index contributed by atoms with van der Waals surface area (Å²) in [5.41, 5.74) is 3.54. The number of hydrogen-bond acceptors (Lipinski definition) is 8. The molecule has 294 valence electrons. The minimum atomic E-state index is -2.31. The molecule has 10 nitrogen and oxygen atoms in total. The van der Waals surface area contributed by atoms with Gasteiger partial charge < -0.3 is 28.9 Å². The number of esters is 1.